The lowest BCUT2D eigenvalue weighted by Crippen LogP contribution is -2.06. The molecule has 2 N–H and O–H groups in total. The molecule has 17 heavy (non-hydrogen) atoms. The molecule has 2 aromatic rings. The lowest BCUT2D eigenvalue weighted by atomic mass is 10.1. The van der Waals surface area contributed by atoms with Crippen LogP contribution in [0.15, 0.2) is 29.6 Å². The minimum Gasteiger partial charge on any atom is -0.325 e. The van der Waals surface area contributed by atoms with Crippen molar-refractivity contribution in [3.8, 4) is 0 Å². The van der Waals surface area contributed by atoms with E-state index in [1.807, 2.05) is 0 Å². The minimum atomic E-state index is -0.366. The monoisotopic (exact) mass is 250 g/mol. The fraction of sp³-hybridized carbons (Fsp3) is 0.167. The van der Waals surface area contributed by atoms with Crippen LogP contribution in [-0.2, 0) is 13.0 Å². The summed E-state index contributed by atoms with van der Waals surface area (Å²) in [5, 5.41) is 2.37. The summed E-state index contributed by atoms with van der Waals surface area (Å²) in [7, 11) is 0. The van der Waals surface area contributed by atoms with E-state index in [0.717, 1.165) is 0 Å². The zero-order valence-corrected chi connectivity index (χ0v) is 9.84. The number of nitrogens with two attached hydrogens (primary N) is 1. The van der Waals surface area contributed by atoms with Crippen LogP contribution in [0.1, 0.15) is 21.1 Å². The third-order valence-corrected chi connectivity index (χ3v) is 3.19. The van der Waals surface area contributed by atoms with Crippen LogP contribution >= 0.6 is 11.3 Å². The van der Waals surface area contributed by atoms with Gasteiger partial charge in [-0.05, 0) is 11.6 Å². The van der Waals surface area contributed by atoms with Crippen molar-refractivity contribution in [2.24, 2.45) is 5.73 Å². The Morgan fingerprint density at radius 3 is 2.82 bits per heavy atom. The van der Waals surface area contributed by atoms with Gasteiger partial charge < -0.3 is 5.73 Å². The molecule has 0 bridgehead atoms. The summed E-state index contributed by atoms with van der Waals surface area (Å²) in [5.74, 6) is -0.554. The van der Waals surface area contributed by atoms with Gasteiger partial charge in [-0.25, -0.2) is 9.37 Å². The predicted molar refractivity (Wildman–Crippen MR) is 64.4 cm³/mol. The Bertz CT molecular complexity index is 539. The number of rotatable bonds is 4. The van der Waals surface area contributed by atoms with E-state index in [-0.39, 0.29) is 18.0 Å². The van der Waals surface area contributed by atoms with Gasteiger partial charge in [-0.15, -0.1) is 11.3 Å². The SMILES string of the molecule is NCc1nc(C(=O)Cc2ccccc2F)cs1. The van der Waals surface area contributed by atoms with Crippen LogP contribution in [-0.4, -0.2) is 10.8 Å². The number of nitrogens with zero attached hydrogens (tertiary/aromatic N) is 1. The molecule has 1 heterocycles. The van der Waals surface area contributed by atoms with Crippen molar-refractivity contribution in [3.63, 3.8) is 0 Å². The van der Waals surface area contributed by atoms with Gasteiger partial charge in [0.15, 0.2) is 5.78 Å². The summed E-state index contributed by atoms with van der Waals surface area (Å²) < 4.78 is 13.3. The van der Waals surface area contributed by atoms with Crippen molar-refractivity contribution >= 4 is 17.1 Å². The summed E-state index contributed by atoms with van der Waals surface area (Å²) in [6.45, 7) is 0.317. The lowest BCUT2D eigenvalue weighted by Gasteiger charge is -2.00. The zero-order chi connectivity index (χ0) is 12.3. The van der Waals surface area contributed by atoms with E-state index in [1.165, 1.54) is 17.4 Å². The van der Waals surface area contributed by atoms with E-state index in [1.54, 1.807) is 23.6 Å². The summed E-state index contributed by atoms with van der Waals surface area (Å²) in [4.78, 5) is 15.9. The average molecular weight is 250 g/mol. The first kappa shape index (κ1) is 11.9. The van der Waals surface area contributed by atoms with Crippen LogP contribution in [0, 0.1) is 5.82 Å². The molecule has 0 aliphatic carbocycles. The van der Waals surface area contributed by atoms with Gasteiger partial charge in [0.25, 0.3) is 0 Å². The highest BCUT2D eigenvalue weighted by molar-refractivity contribution is 7.09. The summed E-state index contributed by atoms with van der Waals surface area (Å²) in [5.41, 5.74) is 6.17. The first-order valence-electron chi connectivity index (χ1n) is 5.12. The first-order valence-corrected chi connectivity index (χ1v) is 5.99. The molecule has 0 saturated carbocycles. The standard InChI is InChI=1S/C12H11FN2OS/c13-9-4-2-1-3-8(9)5-11(16)10-7-17-12(6-14)15-10/h1-4,7H,5-6,14H2. The Balaban J connectivity index is 2.14. The Hall–Kier alpha value is -1.59. The Kier molecular flexibility index (Phi) is 3.61. The summed E-state index contributed by atoms with van der Waals surface area (Å²) in [6, 6.07) is 6.25. The van der Waals surface area contributed by atoms with Crippen LogP contribution in [0.2, 0.25) is 0 Å². The predicted octanol–water partition coefficient (Wildman–Crippen LogP) is 2.17. The van der Waals surface area contributed by atoms with Gasteiger partial charge >= 0.3 is 0 Å². The number of hydrogen-bond donors (Lipinski definition) is 1. The number of thiazole rings is 1. The molecular weight excluding hydrogens is 239 g/mol. The Morgan fingerprint density at radius 2 is 2.18 bits per heavy atom. The average Bonchev–Trinajstić information content (AvgIpc) is 2.81. The number of aromatic nitrogens is 1. The third-order valence-electron chi connectivity index (χ3n) is 2.32. The maximum Gasteiger partial charge on any atom is 0.186 e. The number of benzene rings is 1. The molecule has 1 aromatic heterocycles. The van der Waals surface area contributed by atoms with Crippen molar-refractivity contribution in [1.82, 2.24) is 4.98 Å². The Morgan fingerprint density at radius 1 is 1.41 bits per heavy atom. The van der Waals surface area contributed by atoms with Gasteiger partial charge in [-0.1, -0.05) is 18.2 Å². The van der Waals surface area contributed by atoms with E-state index in [4.69, 9.17) is 5.73 Å². The van der Waals surface area contributed by atoms with Gasteiger partial charge in [-0.3, -0.25) is 4.79 Å². The molecule has 0 amide bonds. The van der Waals surface area contributed by atoms with E-state index < -0.39 is 0 Å². The third kappa shape index (κ3) is 2.75. The highest BCUT2D eigenvalue weighted by atomic mass is 32.1. The van der Waals surface area contributed by atoms with E-state index in [2.05, 4.69) is 4.98 Å². The highest BCUT2D eigenvalue weighted by Gasteiger charge is 2.13. The number of halogens is 1. The molecule has 88 valence electrons. The van der Waals surface area contributed by atoms with E-state index >= 15 is 0 Å². The number of hydrogen-bond acceptors (Lipinski definition) is 4. The van der Waals surface area contributed by atoms with Gasteiger partial charge in [0.05, 0.1) is 0 Å². The van der Waals surface area contributed by atoms with Crippen LogP contribution in [0.25, 0.3) is 0 Å². The van der Waals surface area contributed by atoms with Crippen LogP contribution in [0.4, 0.5) is 4.39 Å². The smallest absolute Gasteiger partial charge is 0.186 e. The second kappa shape index (κ2) is 5.16. The normalized spacial score (nSPS) is 10.5. The minimum absolute atomic E-state index is 0.0282. The fourth-order valence-electron chi connectivity index (χ4n) is 1.44. The molecule has 2 rings (SSSR count). The van der Waals surface area contributed by atoms with Crippen LogP contribution in [0.5, 0.6) is 0 Å². The molecule has 0 radical (unpaired) electrons. The van der Waals surface area contributed by atoms with Crippen LogP contribution in [0.3, 0.4) is 0 Å². The van der Waals surface area contributed by atoms with Gasteiger partial charge in [-0.2, -0.15) is 0 Å². The molecule has 0 atom stereocenters. The molecular formula is C12H11FN2OS. The molecule has 0 aliphatic rings. The van der Waals surface area contributed by atoms with Gasteiger partial charge in [0, 0.05) is 18.3 Å². The van der Waals surface area contributed by atoms with Crippen molar-refractivity contribution in [2.75, 3.05) is 0 Å². The molecule has 5 heteroatoms. The molecule has 3 nitrogen and oxygen atoms in total. The van der Waals surface area contributed by atoms with E-state index in [0.29, 0.717) is 22.8 Å². The number of Topliss-reactive ketones (excluding diaryl/α,β-unsaturated/α-hetero) is 1. The first-order chi connectivity index (χ1) is 8.20. The van der Waals surface area contributed by atoms with Crippen LogP contribution < -0.4 is 5.73 Å². The number of carbonyl (C=O) groups excluding carboxylic acids is 1. The quantitative estimate of drug-likeness (QED) is 0.846. The number of ketones is 1. The van der Waals surface area contributed by atoms with Crippen molar-refractivity contribution in [1.29, 1.82) is 0 Å². The van der Waals surface area contributed by atoms with Gasteiger partial charge in [0.1, 0.15) is 16.5 Å². The molecule has 0 unspecified atom stereocenters. The molecule has 0 saturated heterocycles. The molecule has 0 fully saturated rings. The maximum absolute atomic E-state index is 13.3. The largest absolute Gasteiger partial charge is 0.325 e. The topological polar surface area (TPSA) is 56.0 Å². The van der Waals surface area contributed by atoms with E-state index in [9.17, 15) is 9.18 Å². The summed E-state index contributed by atoms with van der Waals surface area (Å²) >= 11 is 1.34. The van der Waals surface area contributed by atoms with Crippen molar-refractivity contribution < 1.29 is 9.18 Å². The second-order valence-electron chi connectivity index (χ2n) is 3.52. The Labute approximate surface area is 102 Å². The van der Waals surface area contributed by atoms with Crippen molar-refractivity contribution in [2.45, 2.75) is 13.0 Å². The van der Waals surface area contributed by atoms with Gasteiger partial charge in [0.2, 0.25) is 0 Å². The second-order valence-corrected chi connectivity index (χ2v) is 4.46. The lowest BCUT2D eigenvalue weighted by molar-refractivity contribution is 0.0987. The molecule has 0 aliphatic heterocycles. The molecule has 0 spiro atoms. The molecule has 1 aromatic carbocycles. The fourth-order valence-corrected chi connectivity index (χ4v) is 2.12. The highest BCUT2D eigenvalue weighted by Crippen LogP contribution is 2.13. The zero-order valence-electron chi connectivity index (χ0n) is 9.02. The summed E-state index contributed by atoms with van der Waals surface area (Å²) in [6.07, 6.45) is 0.0282. The maximum atomic E-state index is 13.3. The van der Waals surface area contributed by atoms with Crippen molar-refractivity contribution in [3.05, 3.63) is 51.7 Å². The number of carbonyl (C=O) groups is 1.